The summed E-state index contributed by atoms with van der Waals surface area (Å²) in [5.74, 6) is -0.241. The molecule has 0 aliphatic carbocycles. The highest BCUT2D eigenvalue weighted by Crippen LogP contribution is 2.41. The summed E-state index contributed by atoms with van der Waals surface area (Å²) in [7, 11) is 5.02. The largest absolute Gasteiger partial charge is 0.494 e. The van der Waals surface area contributed by atoms with Crippen molar-refractivity contribution in [2.24, 2.45) is 0 Å². The maximum atomic E-state index is 13.6. The van der Waals surface area contributed by atoms with Gasteiger partial charge >= 0.3 is 7.12 Å². The molecule has 1 aliphatic rings. The first kappa shape index (κ1) is 26.0. The zero-order chi connectivity index (χ0) is 27.4. The van der Waals surface area contributed by atoms with E-state index in [-0.39, 0.29) is 11.7 Å². The number of nitrogens with one attached hydrogen (secondary N) is 1. The SMILES string of the molecule is CNC(=O)c1c(-c2ccc(F)cc2)oc2cc(N(C)C)c(-c3cccc(B4OC(C)(C)C(C)(C)O4)c3)cc12. The fourth-order valence-electron chi connectivity index (χ4n) is 4.72. The van der Waals surface area contributed by atoms with Crippen LogP contribution in [0.15, 0.2) is 65.1 Å². The number of benzene rings is 3. The quantitative estimate of drug-likeness (QED) is 0.350. The summed E-state index contributed by atoms with van der Waals surface area (Å²) >= 11 is 0. The predicted molar refractivity (Wildman–Crippen MR) is 150 cm³/mol. The van der Waals surface area contributed by atoms with Gasteiger partial charge in [-0.15, -0.1) is 0 Å². The van der Waals surface area contributed by atoms with Crippen molar-refractivity contribution in [2.75, 3.05) is 26.0 Å². The Hall–Kier alpha value is -3.62. The smallest absolute Gasteiger partial charge is 0.455 e. The van der Waals surface area contributed by atoms with Gasteiger partial charge in [0, 0.05) is 49.4 Å². The number of furan rings is 1. The van der Waals surface area contributed by atoms with Crippen molar-refractivity contribution in [3.8, 4) is 22.5 Å². The lowest BCUT2D eigenvalue weighted by atomic mass is 9.78. The Morgan fingerprint density at radius 1 is 0.921 bits per heavy atom. The third-order valence-corrected chi connectivity index (χ3v) is 7.57. The van der Waals surface area contributed by atoms with Crippen LogP contribution in [0.1, 0.15) is 38.1 Å². The molecule has 3 aromatic carbocycles. The number of amides is 1. The summed E-state index contributed by atoms with van der Waals surface area (Å²) in [6.07, 6.45) is 0. The predicted octanol–water partition coefficient (Wildman–Crippen LogP) is 5.63. The van der Waals surface area contributed by atoms with E-state index in [1.54, 1.807) is 19.2 Å². The lowest BCUT2D eigenvalue weighted by molar-refractivity contribution is 0.00578. The van der Waals surface area contributed by atoms with E-state index in [9.17, 15) is 9.18 Å². The Morgan fingerprint density at radius 3 is 2.18 bits per heavy atom. The minimum absolute atomic E-state index is 0.280. The Morgan fingerprint density at radius 2 is 1.58 bits per heavy atom. The van der Waals surface area contributed by atoms with Gasteiger partial charge in [-0.2, -0.15) is 0 Å². The zero-order valence-electron chi connectivity index (χ0n) is 22.8. The fourth-order valence-corrected chi connectivity index (χ4v) is 4.72. The standard InChI is InChI=1S/C30H32BFN2O4/c1-29(2)30(3,4)38-31(37-29)20-10-8-9-19(15-20)22-16-23-25(17-24(22)34(6)7)36-27(26(23)28(35)33-5)18-11-13-21(32)14-12-18/h8-17H,1-7H3,(H,33,35). The molecule has 0 bridgehead atoms. The van der Waals surface area contributed by atoms with Crippen molar-refractivity contribution in [3.05, 3.63) is 72.0 Å². The summed E-state index contributed by atoms with van der Waals surface area (Å²) < 4.78 is 32.4. The first-order valence-electron chi connectivity index (χ1n) is 12.6. The van der Waals surface area contributed by atoms with Crippen LogP contribution in [0.2, 0.25) is 0 Å². The van der Waals surface area contributed by atoms with Crippen LogP contribution in [0.5, 0.6) is 0 Å². The van der Waals surface area contributed by atoms with Crippen molar-refractivity contribution in [3.63, 3.8) is 0 Å². The van der Waals surface area contributed by atoms with Gasteiger partial charge in [0.05, 0.1) is 16.8 Å². The third kappa shape index (κ3) is 4.38. The zero-order valence-corrected chi connectivity index (χ0v) is 22.8. The van der Waals surface area contributed by atoms with Crippen LogP contribution in [0, 0.1) is 5.82 Å². The number of hydrogen-bond acceptors (Lipinski definition) is 5. The average Bonchev–Trinajstić information content (AvgIpc) is 3.36. The summed E-state index contributed by atoms with van der Waals surface area (Å²) in [6, 6.07) is 17.9. The van der Waals surface area contributed by atoms with Crippen LogP contribution in [-0.2, 0) is 9.31 Å². The topological polar surface area (TPSA) is 63.9 Å². The molecule has 0 radical (unpaired) electrons. The Labute approximate surface area is 222 Å². The van der Waals surface area contributed by atoms with Gasteiger partial charge in [0.25, 0.3) is 5.91 Å². The first-order valence-corrected chi connectivity index (χ1v) is 12.6. The highest BCUT2D eigenvalue weighted by molar-refractivity contribution is 6.62. The van der Waals surface area contributed by atoms with Gasteiger partial charge in [-0.05, 0) is 69.1 Å². The van der Waals surface area contributed by atoms with E-state index < -0.39 is 18.3 Å². The van der Waals surface area contributed by atoms with Crippen LogP contribution in [0.25, 0.3) is 33.4 Å². The molecule has 1 amide bonds. The monoisotopic (exact) mass is 514 g/mol. The maximum absolute atomic E-state index is 13.6. The Balaban J connectivity index is 1.68. The minimum Gasteiger partial charge on any atom is -0.455 e. The highest BCUT2D eigenvalue weighted by atomic mass is 19.1. The number of anilines is 1. The molecular weight excluding hydrogens is 482 g/mol. The molecule has 1 aromatic heterocycles. The van der Waals surface area contributed by atoms with E-state index in [2.05, 4.69) is 11.4 Å². The molecule has 0 unspecified atom stereocenters. The Kier molecular flexibility index (Phi) is 6.36. The fraction of sp³-hybridized carbons (Fsp3) is 0.300. The molecule has 1 aliphatic heterocycles. The molecular formula is C30H32BFN2O4. The normalized spacial score (nSPS) is 16.2. The molecule has 6 nitrogen and oxygen atoms in total. The molecule has 38 heavy (non-hydrogen) atoms. The molecule has 0 atom stereocenters. The summed E-state index contributed by atoms with van der Waals surface area (Å²) in [5, 5.41) is 3.39. The van der Waals surface area contributed by atoms with Gasteiger partial charge in [0.2, 0.25) is 0 Å². The van der Waals surface area contributed by atoms with Crippen LogP contribution in [0.4, 0.5) is 10.1 Å². The van der Waals surface area contributed by atoms with Crippen molar-refractivity contribution in [1.82, 2.24) is 5.32 Å². The van der Waals surface area contributed by atoms with E-state index in [1.165, 1.54) is 12.1 Å². The van der Waals surface area contributed by atoms with Crippen LogP contribution in [-0.4, -0.2) is 45.4 Å². The average molecular weight is 514 g/mol. The number of rotatable bonds is 5. The number of hydrogen-bond donors (Lipinski definition) is 1. The van der Waals surface area contributed by atoms with E-state index >= 15 is 0 Å². The molecule has 0 saturated carbocycles. The van der Waals surface area contributed by atoms with Gasteiger partial charge in [0.1, 0.15) is 17.2 Å². The molecule has 0 spiro atoms. The molecule has 8 heteroatoms. The second kappa shape index (κ2) is 9.29. The first-order chi connectivity index (χ1) is 17.9. The molecule has 2 heterocycles. The van der Waals surface area contributed by atoms with Crippen LogP contribution < -0.4 is 15.7 Å². The van der Waals surface area contributed by atoms with E-state index in [0.717, 1.165) is 22.3 Å². The Bertz CT molecular complexity index is 1510. The van der Waals surface area contributed by atoms with E-state index in [4.69, 9.17) is 13.7 Å². The van der Waals surface area contributed by atoms with Gasteiger partial charge in [0.15, 0.2) is 0 Å². The number of fused-ring (bicyclic) bond motifs is 1. The number of nitrogens with zero attached hydrogens (tertiary/aromatic N) is 1. The maximum Gasteiger partial charge on any atom is 0.494 e. The van der Waals surface area contributed by atoms with Crippen molar-refractivity contribution < 1.29 is 22.9 Å². The lowest BCUT2D eigenvalue weighted by Gasteiger charge is -2.32. The van der Waals surface area contributed by atoms with Crippen molar-refractivity contribution >= 4 is 35.1 Å². The molecule has 1 fully saturated rings. The van der Waals surface area contributed by atoms with Crippen molar-refractivity contribution in [1.29, 1.82) is 0 Å². The van der Waals surface area contributed by atoms with Crippen LogP contribution in [0.3, 0.4) is 0 Å². The molecule has 196 valence electrons. The molecule has 1 saturated heterocycles. The van der Waals surface area contributed by atoms with E-state index in [0.29, 0.717) is 27.9 Å². The van der Waals surface area contributed by atoms with Gasteiger partial charge in [-0.25, -0.2) is 4.39 Å². The summed E-state index contributed by atoms with van der Waals surface area (Å²) in [6.45, 7) is 8.14. The van der Waals surface area contributed by atoms with Gasteiger partial charge in [-0.1, -0.05) is 24.3 Å². The summed E-state index contributed by atoms with van der Waals surface area (Å²) in [4.78, 5) is 15.1. The van der Waals surface area contributed by atoms with Crippen LogP contribution >= 0.6 is 0 Å². The number of carbonyl (C=O) groups is 1. The van der Waals surface area contributed by atoms with E-state index in [1.807, 2.05) is 77.0 Å². The van der Waals surface area contributed by atoms with Gasteiger partial charge < -0.3 is 23.9 Å². The highest BCUT2D eigenvalue weighted by Gasteiger charge is 2.51. The molecule has 4 aromatic rings. The minimum atomic E-state index is -0.494. The second-order valence-corrected chi connectivity index (χ2v) is 10.9. The lowest BCUT2D eigenvalue weighted by Crippen LogP contribution is -2.41. The van der Waals surface area contributed by atoms with Crippen molar-refractivity contribution in [2.45, 2.75) is 38.9 Å². The summed E-state index contributed by atoms with van der Waals surface area (Å²) in [5.41, 5.74) is 4.42. The second-order valence-electron chi connectivity index (χ2n) is 10.9. The number of carbonyl (C=O) groups excluding carboxylic acids is 1. The molecule has 1 N–H and O–H groups in total. The molecule has 5 rings (SSSR count). The number of halogens is 1. The third-order valence-electron chi connectivity index (χ3n) is 7.57. The van der Waals surface area contributed by atoms with Gasteiger partial charge in [-0.3, -0.25) is 4.79 Å².